The summed E-state index contributed by atoms with van der Waals surface area (Å²) in [6, 6.07) is -0.229. The van der Waals surface area contributed by atoms with Crippen molar-refractivity contribution in [3.8, 4) is 0 Å². The van der Waals surface area contributed by atoms with E-state index in [4.69, 9.17) is 4.74 Å². The molecule has 2 rings (SSSR count). The molecule has 1 heterocycles. The minimum atomic E-state index is -1.18. The first kappa shape index (κ1) is 16.1. The van der Waals surface area contributed by atoms with Gasteiger partial charge in [0.1, 0.15) is 5.54 Å². The molecule has 6 nitrogen and oxygen atoms in total. The highest BCUT2D eigenvalue weighted by molar-refractivity contribution is 5.86. The summed E-state index contributed by atoms with van der Waals surface area (Å²) >= 11 is 0. The maximum atomic E-state index is 12.2. The summed E-state index contributed by atoms with van der Waals surface area (Å²) in [6.07, 6.45) is 3.64. The lowest BCUT2D eigenvalue weighted by atomic mass is 9.79. The van der Waals surface area contributed by atoms with Gasteiger partial charge in [-0.3, -0.25) is 0 Å². The maximum Gasteiger partial charge on any atom is 0.329 e. The second-order valence-electron chi connectivity index (χ2n) is 6.56. The van der Waals surface area contributed by atoms with Crippen molar-refractivity contribution in [3.63, 3.8) is 0 Å². The molecule has 1 saturated carbocycles. The molecule has 21 heavy (non-hydrogen) atoms. The maximum absolute atomic E-state index is 12.2. The minimum Gasteiger partial charge on any atom is -0.480 e. The number of nitrogens with one attached hydrogen (secondary N) is 2. The van der Waals surface area contributed by atoms with Gasteiger partial charge in [0.2, 0.25) is 0 Å². The van der Waals surface area contributed by atoms with Crippen molar-refractivity contribution in [2.24, 2.45) is 11.8 Å². The van der Waals surface area contributed by atoms with E-state index >= 15 is 0 Å². The number of ether oxygens (including phenoxy) is 1. The zero-order chi connectivity index (χ0) is 15.5. The zero-order valence-corrected chi connectivity index (χ0v) is 12.9. The Morgan fingerprint density at radius 1 is 1.14 bits per heavy atom. The molecule has 3 N–H and O–H groups in total. The Morgan fingerprint density at radius 2 is 1.81 bits per heavy atom. The van der Waals surface area contributed by atoms with Gasteiger partial charge >= 0.3 is 12.0 Å². The third-order valence-electron chi connectivity index (χ3n) is 5.04. The van der Waals surface area contributed by atoms with E-state index in [2.05, 4.69) is 24.5 Å². The first-order valence-corrected chi connectivity index (χ1v) is 7.83. The number of hydrogen-bond acceptors (Lipinski definition) is 3. The van der Waals surface area contributed by atoms with Crippen LogP contribution in [0.2, 0.25) is 0 Å². The van der Waals surface area contributed by atoms with Crippen molar-refractivity contribution in [3.05, 3.63) is 0 Å². The smallest absolute Gasteiger partial charge is 0.329 e. The van der Waals surface area contributed by atoms with Gasteiger partial charge < -0.3 is 20.5 Å². The van der Waals surface area contributed by atoms with Crippen molar-refractivity contribution in [2.75, 3.05) is 13.2 Å². The van der Waals surface area contributed by atoms with E-state index in [0.29, 0.717) is 37.9 Å². The van der Waals surface area contributed by atoms with Crippen LogP contribution in [-0.2, 0) is 9.53 Å². The molecule has 6 heteroatoms. The highest BCUT2D eigenvalue weighted by Crippen LogP contribution is 2.29. The second-order valence-corrected chi connectivity index (χ2v) is 6.56. The summed E-state index contributed by atoms with van der Waals surface area (Å²) in [7, 11) is 0. The quantitative estimate of drug-likeness (QED) is 0.740. The molecule has 0 aromatic rings. The molecule has 120 valence electrons. The van der Waals surface area contributed by atoms with E-state index in [9.17, 15) is 14.7 Å². The lowest BCUT2D eigenvalue weighted by Crippen LogP contribution is -2.60. The molecule has 3 atom stereocenters. The summed E-state index contributed by atoms with van der Waals surface area (Å²) in [5.41, 5.74) is -1.18. The number of carboxylic acid groups (broad SMARTS) is 1. The van der Waals surface area contributed by atoms with Gasteiger partial charge in [0, 0.05) is 32.1 Å². The van der Waals surface area contributed by atoms with Crippen LogP contribution < -0.4 is 10.6 Å². The van der Waals surface area contributed by atoms with E-state index in [-0.39, 0.29) is 12.1 Å². The van der Waals surface area contributed by atoms with Crippen LogP contribution in [0.4, 0.5) is 4.79 Å². The van der Waals surface area contributed by atoms with Gasteiger partial charge in [0.05, 0.1) is 0 Å². The average Bonchev–Trinajstić information content (AvgIpc) is 2.43. The van der Waals surface area contributed by atoms with Gasteiger partial charge in [-0.2, -0.15) is 0 Å². The van der Waals surface area contributed by atoms with Crippen LogP contribution in [0.15, 0.2) is 0 Å². The van der Waals surface area contributed by atoms with Gasteiger partial charge in [0.25, 0.3) is 0 Å². The highest BCUT2D eigenvalue weighted by atomic mass is 16.5. The molecule has 1 aliphatic carbocycles. The number of carbonyl (C=O) groups excluding carboxylic acids is 1. The Hall–Kier alpha value is -1.30. The fourth-order valence-electron chi connectivity index (χ4n) is 3.23. The van der Waals surface area contributed by atoms with Crippen LogP contribution in [0.1, 0.15) is 46.0 Å². The highest BCUT2D eigenvalue weighted by Gasteiger charge is 2.42. The van der Waals surface area contributed by atoms with Gasteiger partial charge in [-0.25, -0.2) is 9.59 Å². The molecular weight excluding hydrogens is 272 g/mol. The molecule has 2 amide bonds. The fraction of sp³-hybridized carbons (Fsp3) is 0.867. The van der Waals surface area contributed by atoms with E-state index < -0.39 is 11.5 Å². The number of aliphatic carboxylic acids is 1. The van der Waals surface area contributed by atoms with Gasteiger partial charge in [-0.15, -0.1) is 0 Å². The number of amides is 2. The van der Waals surface area contributed by atoms with Gasteiger partial charge in [-0.05, 0) is 31.1 Å². The number of urea groups is 1. The summed E-state index contributed by atoms with van der Waals surface area (Å²) in [5.74, 6) is 0.291. The normalized spacial score (nSPS) is 32.2. The zero-order valence-electron chi connectivity index (χ0n) is 12.9. The van der Waals surface area contributed by atoms with E-state index in [1.54, 1.807) is 0 Å². The molecule has 2 fully saturated rings. The third kappa shape index (κ3) is 3.87. The summed E-state index contributed by atoms with van der Waals surface area (Å²) < 4.78 is 5.20. The van der Waals surface area contributed by atoms with Crippen LogP contribution in [0, 0.1) is 11.8 Å². The molecule has 0 aromatic carbocycles. The monoisotopic (exact) mass is 298 g/mol. The number of rotatable bonds is 3. The van der Waals surface area contributed by atoms with Gasteiger partial charge in [-0.1, -0.05) is 13.8 Å². The first-order valence-electron chi connectivity index (χ1n) is 7.83. The van der Waals surface area contributed by atoms with Crippen LogP contribution >= 0.6 is 0 Å². The lowest BCUT2D eigenvalue weighted by Gasteiger charge is -2.36. The summed E-state index contributed by atoms with van der Waals surface area (Å²) in [6.45, 7) is 5.17. The molecule has 0 bridgehead atoms. The number of carbonyl (C=O) groups is 2. The third-order valence-corrected chi connectivity index (χ3v) is 5.04. The Bertz CT molecular complexity index is 393. The molecule has 0 radical (unpaired) electrons. The van der Waals surface area contributed by atoms with Gasteiger partial charge in [0.15, 0.2) is 0 Å². The van der Waals surface area contributed by atoms with Crippen molar-refractivity contribution in [1.82, 2.24) is 10.6 Å². The van der Waals surface area contributed by atoms with Crippen LogP contribution in [-0.4, -0.2) is 41.9 Å². The van der Waals surface area contributed by atoms with Crippen LogP contribution in [0.5, 0.6) is 0 Å². The average molecular weight is 298 g/mol. The van der Waals surface area contributed by atoms with Crippen LogP contribution in [0.25, 0.3) is 0 Å². The number of hydrogen-bond donors (Lipinski definition) is 3. The molecule has 2 aliphatic rings. The lowest BCUT2D eigenvalue weighted by molar-refractivity contribution is -0.148. The number of carboxylic acids is 1. The molecule has 1 saturated heterocycles. The standard InChI is InChI=1S/C15H26N2O4/c1-10-3-4-12(9-11(10)2)16-14(20)17-15(13(18)19)5-7-21-8-6-15/h10-12H,3-9H2,1-2H3,(H,18,19)(H2,16,17,20). The molecule has 1 aliphatic heterocycles. The first-order chi connectivity index (χ1) is 9.93. The predicted octanol–water partition coefficient (Wildman–Crippen LogP) is 1.74. The van der Waals surface area contributed by atoms with Crippen molar-refractivity contribution >= 4 is 12.0 Å². The van der Waals surface area contributed by atoms with Crippen molar-refractivity contribution in [2.45, 2.75) is 57.5 Å². The van der Waals surface area contributed by atoms with Crippen molar-refractivity contribution < 1.29 is 19.4 Å². The predicted molar refractivity (Wildman–Crippen MR) is 78.1 cm³/mol. The largest absolute Gasteiger partial charge is 0.480 e. The summed E-state index contributed by atoms with van der Waals surface area (Å²) in [5, 5.41) is 15.0. The van der Waals surface area contributed by atoms with Crippen molar-refractivity contribution in [1.29, 1.82) is 0 Å². The fourth-order valence-corrected chi connectivity index (χ4v) is 3.23. The summed E-state index contributed by atoms with van der Waals surface area (Å²) in [4.78, 5) is 23.7. The Kier molecular flexibility index (Phi) is 5.08. The SMILES string of the molecule is CC1CCC(NC(=O)NC2(C(=O)O)CCOCC2)CC1C. The van der Waals surface area contributed by atoms with E-state index in [1.165, 1.54) is 0 Å². The minimum absolute atomic E-state index is 0.141. The second kappa shape index (κ2) is 6.64. The molecule has 0 aromatic heterocycles. The van der Waals surface area contributed by atoms with E-state index in [0.717, 1.165) is 19.3 Å². The molecular formula is C15H26N2O4. The Balaban J connectivity index is 1.89. The topological polar surface area (TPSA) is 87.7 Å². The Morgan fingerprint density at radius 3 is 2.38 bits per heavy atom. The van der Waals surface area contributed by atoms with E-state index in [1.807, 2.05) is 0 Å². The van der Waals surface area contributed by atoms with Crippen LogP contribution in [0.3, 0.4) is 0 Å². The molecule has 3 unspecified atom stereocenters. The molecule has 0 spiro atoms. The Labute approximate surface area is 125 Å².